The van der Waals surface area contributed by atoms with E-state index in [-0.39, 0.29) is 5.82 Å². The minimum absolute atomic E-state index is 0.246. The van der Waals surface area contributed by atoms with E-state index in [4.69, 9.17) is 11.6 Å². The molecule has 0 saturated carbocycles. The molecular formula is C16H23ClFN3. The van der Waals surface area contributed by atoms with Crippen molar-refractivity contribution in [3.63, 3.8) is 0 Å². The first kappa shape index (κ1) is 16.2. The lowest BCUT2D eigenvalue weighted by atomic mass is 10.3. The van der Waals surface area contributed by atoms with Crippen molar-refractivity contribution < 1.29 is 4.39 Å². The summed E-state index contributed by atoms with van der Waals surface area (Å²) in [6.45, 7) is 6.28. The van der Waals surface area contributed by atoms with Crippen molar-refractivity contribution in [1.82, 2.24) is 14.5 Å². The highest BCUT2D eigenvalue weighted by Gasteiger charge is 2.11. The Bertz CT molecular complexity index is 594. The van der Waals surface area contributed by atoms with Crippen molar-refractivity contribution >= 4 is 22.6 Å². The van der Waals surface area contributed by atoms with Crippen LogP contribution >= 0.6 is 11.6 Å². The molecule has 0 unspecified atom stereocenters. The highest BCUT2D eigenvalue weighted by atomic mass is 35.5. The Morgan fingerprint density at radius 2 is 2.14 bits per heavy atom. The number of rotatable bonds is 7. The van der Waals surface area contributed by atoms with Crippen LogP contribution in [0.3, 0.4) is 0 Å². The number of hydrogen-bond acceptors (Lipinski definition) is 2. The van der Waals surface area contributed by atoms with Crippen LogP contribution in [0.15, 0.2) is 18.2 Å². The number of halogens is 2. The van der Waals surface area contributed by atoms with E-state index in [0.29, 0.717) is 23.9 Å². The molecule has 0 N–H and O–H groups in total. The summed E-state index contributed by atoms with van der Waals surface area (Å²) in [7, 11) is 2.13. The van der Waals surface area contributed by atoms with Crippen molar-refractivity contribution in [2.75, 3.05) is 19.5 Å². The number of aryl methyl sites for hydroxylation is 2. The van der Waals surface area contributed by atoms with Crippen LogP contribution in [0.5, 0.6) is 0 Å². The Morgan fingerprint density at radius 1 is 1.38 bits per heavy atom. The highest BCUT2D eigenvalue weighted by molar-refractivity contribution is 6.17. The molecule has 1 heterocycles. The maximum absolute atomic E-state index is 13.3. The largest absolute Gasteiger partial charge is 0.328 e. The summed E-state index contributed by atoms with van der Waals surface area (Å²) in [5.74, 6) is 1.22. The predicted molar refractivity (Wildman–Crippen MR) is 86.5 cm³/mol. The lowest BCUT2D eigenvalue weighted by Crippen LogP contribution is -2.28. The molecule has 116 valence electrons. The van der Waals surface area contributed by atoms with Crippen LogP contribution in [0.1, 0.15) is 26.1 Å². The van der Waals surface area contributed by atoms with E-state index in [1.807, 2.05) is 6.07 Å². The molecule has 0 radical (unpaired) electrons. The maximum atomic E-state index is 13.3. The minimum atomic E-state index is -0.246. The van der Waals surface area contributed by atoms with E-state index < -0.39 is 0 Å². The summed E-state index contributed by atoms with van der Waals surface area (Å²) in [5, 5.41) is 0. The standard InChI is InChI=1S/C16H23ClFN3/c1-12(2)20(3)9-4-10-21-15-6-5-13(18)11-14(15)19-16(21)7-8-17/h5-6,11-12H,4,7-10H2,1-3H3. The molecule has 0 aliphatic carbocycles. The molecule has 0 aliphatic rings. The first-order valence-corrected chi connectivity index (χ1v) is 7.97. The van der Waals surface area contributed by atoms with Gasteiger partial charge in [0.1, 0.15) is 11.6 Å². The lowest BCUT2D eigenvalue weighted by Gasteiger charge is -2.21. The van der Waals surface area contributed by atoms with Gasteiger partial charge in [-0.15, -0.1) is 11.6 Å². The van der Waals surface area contributed by atoms with E-state index in [0.717, 1.165) is 30.9 Å². The molecule has 3 nitrogen and oxygen atoms in total. The van der Waals surface area contributed by atoms with Gasteiger partial charge in [0, 0.05) is 31.0 Å². The van der Waals surface area contributed by atoms with Crippen molar-refractivity contribution in [2.24, 2.45) is 0 Å². The molecule has 0 aliphatic heterocycles. The van der Waals surface area contributed by atoms with E-state index >= 15 is 0 Å². The first-order chi connectivity index (χ1) is 10.0. The smallest absolute Gasteiger partial charge is 0.125 e. The topological polar surface area (TPSA) is 21.1 Å². The third-order valence-corrected chi connectivity index (χ3v) is 4.07. The summed E-state index contributed by atoms with van der Waals surface area (Å²) in [6.07, 6.45) is 1.74. The van der Waals surface area contributed by atoms with Gasteiger partial charge >= 0.3 is 0 Å². The normalized spacial score (nSPS) is 12.0. The van der Waals surface area contributed by atoms with Gasteiger partial charge in [-0.05, 0) is 46.0 Å². The highest BCUT2D eigenvalue weighted by Crippen LogP contribution is 2.19. The zero-order chi connectivity index (χ0) is 15.4. The van der Waals surface area contributed by atoms with Gasteiger partial charge in [0.25, 0.3) is 0 Å². The summed E-state index contributed by atoms with van der Waals surface area (Å²) in [6, 6.07) is 5.33. The number of fused-ring (bicyclic) bond motifs is 1. The Hall–Kier alpha value is -1.13. The third kappa shape index (κ3) is 3.95. The molecule has 21 heavy (non-hydrogen) atoms. The maximum Gasteiger partial charge on any atom is 0.125 e. The number of hydrogen-bond donors (Lipinski definition) is 0. The molecule has 2 rings (SSSR count). The molecule has 1 aromatic heterocycles. The summed E-state index contributed by atoms with van der Waals surface area (Å²) >= 11 is 5.86. The van der Waals surface area contributed by atoms with Crippen molar-refractivity contribution in [2.45, 2.75) is 39.3 Å². The fraction of sp³-hybridized carbons (Fsp3) is 0.562. The third-order valence-electron chi connectivity index (χ3n) is 3.88. The van der Waals surface area contributed by atoms with E-state index in [1.54, 1.807) is 0 Å². The second-order valence-corrected chi connectivity index (χ2v) is 6.06. The van der Waals surface area contributed by atoms with Gasteiger partial charge in [-0.2, -0.15) is 0 Å². The Morgan fingerprint density at radius 3 is 2.81 bits per heavy atom. The number of imidazole rings is 1. The van der Waals surface area contributed by atoms with Gasteiger partial charge in [0.2, 0.25) is 0 Å². The summed E-state index contributed by atoms with van der Waals surface area (Å²) < 4.78 is 15.5. The Balaban J connectivity index is 2.18. The molecule has 0 bridgehead atoms. The van der Waals surface area contributed by atoms with Crippen LogP contribution in [0.2, 0.25) is 0 Å². The van der Waals surface area contributed by atoms with Crippen LogP contribution in [0, 0.1) is 5.82 Å². The van der Waals surface area contributed by atoms with Gasteiger partial charge in [0.05, 0.1) is 11.0 Å². The van der Waals surface area contributed by atoms with Gasteiger partial charge in [0.15, 0.2) is 0 Å². The van der Waals surface area contributed by atoms with Crippen LogP contribution in [-0.4, -0.2) is 40.0 Å². The number of benzene rings is 1. The number of alkyl halides is 1. The zero-order valence-electron chi connectivity index (χ0n) is 12.9. The number of aromatic nitrogens is 2. The molecule has 0 amide bonds. The lowest BCUT2D eigenvalue weighted by molar-refractivity contribution is 0.265. The Kier molecular flexibility index (Phi) is 5.59. The van der Waals surface area contributed by atoms with Crippen LogP contribution in [-0.2, 0) is 13.0 Å². The van der Waals surface area contributed by atoms with Gasteiger partial charge < -0.3 is 9.47 Å². The molecular weight excluding hydrogens is 289 g/mol. The molecule has 0 saturated heterocycles. The summed E-state index contributed by atoms with van der Waals surface area (Å²) in [4.78, 5) is 6.84. The van der Waals surface area contributed by atoms with Crippen LogP contribution in [0.4, 0.5) is 4.39 Å². The predicted octanol–water partition coefficient (Wildman–Crippen LogP) is 3.69. The molecule has 0 spiro atoms. The zero-order valence-corrected chi connectivity index (χ0v) is 13.7. The second-order valence-electron chi connectivity index (χ2n) is 5.68. The minimum Gasteiger partial charge on any atom is -0.328 e. The van der Waals surface area contributed by atoms with Crippen LogP contribution < -0.4 is 0 Å². The second kappa shape index (κ2) is 7.23. The van der Waals surface area contributed by atoms with E-state index in [9.17, 15) is 4.39 Å². The molecule has 0 atom stereocenters. The fourth-order valence-corrected chi connectivity index (χ4v) is 2.58. The molecule has 0 fully saturated rings. The SMILES string of the molecule is CC(C)N(C)CCCn1c(CCCl)nc2cc(F)ccc21. The molecule has 2 aromatic rings. The quantitative estimate of drug-likeness (QED) is 0.727. The Labute approximate surface area is 130 Å². The summed E-state index contributed by atoms with van der Waals surface area (Å²) in [5.41, 5.74) is 1.70. The van der Waals surface area contributed by atoms with Gasteiger partial charge in [-0.25, -0.2) is 9.37 Å². The molecule has 1 aromatic carbocycles. The monoisotopic (exact) mass is 311 g/mol. The number of nitrogens with zero attached hydrogens (tertiary/aromatic N) is 3. The molecule has 5 heteroatoms. The first-order valence-electron chi connectivity index (χ1n) is 7.43. The van der Waals surface area contributed by atoms with E-state index in [1.165, 1.54) is 12.1 Å². The fourth-order valence-electron chi connectivity index (χ4n) is 2.41. The average Bonchev–Trinajstić information content (AvgIpc) is 2.76. The van der Waals surface area contributed by atoms with Crippen molar-refractivity contribution in [1.29, 1.82) is 0 Å². The average molecular weight is 312 g/mol. The van der Waals surface area contributed by atoms with Crippen LogP contribution in [0.25, 0.3) is 11.0 Å². The van der Waals surface area contributed by atoms with E-state index in [2.05, 4.69) is 35.3 Å². The van der Waals surface area contributed by atoms with Crippen molar-refractivity contribution in [3.05, 3.63) is 29.8 Å². The van der Waals surface area contributed by atoms with Gasteiger partial charge in [-0.3, -0.25) is 0 Å². The van der Waals surface area contributed by atoms with Crippen molar-refractivity contribution in [3.8, 4) is 0 Å². The van der Waals surface area contributed by atoms with Gasteiger partial charge in [-0.1, -0.05) is 0 Å².